The van der Waals surface area contributed by atoms with Gasteiger partial charge in [0.1, 0.15) is 6.54 Å². The van der Waals surface area contributed by atoms with Gasteiger partial charge in [0, 0.05) is 50.5 Å². The van der Waals surface area contributed by atoms with Crippen molar-refractivity contribution in [3.8, 4) is 0 Å². The summed E-state index contributed by atoms with van der Waals surface area (Å²) in [5, 5.41) is 0. The number of nitrogens with zero attached hydrogens (tertiary/aromatic N) is 6. The molecule has 0 N–H and O–H groups in total. The number of pyridine rings is 2. The van der Waals surface area contributed by atoms with Crippen molar-refractivity contribution in [3.05, 3.63) is 99.6 Å². The Morgan fingerprint density at radius 1 is 0.853 bits per heavy atom. The zero-order valence-electron chi connectivity index (χ0n) is 18.6. The molecule has 0 spiro atoms. The second-order valence-corrected chi connectivity index (χ2v) is 8.20. The zero-order valence-corrected chi connectivity index (χ0v) is 18.6. The molecule has 1 amide bonds. The largest absolute Gasteiger partial charge is 0.368 e. The van der Waals surface area contributed by atoms with Crippen LogP contribution in [0.5, 0.6) is 0 Å². The van der Waals surface area contributed by atoms with Crippen molar-refractivity contribution >= 4 is 22.6 Å². The van der Waals surface area contributed by atoms with E-state index < -0.39 is 11.2 Å². The molecule has 1 aliphatic rings. The quantitative estimate of drug-likeness (QED) is 0.450. The molecule has 0 saturated carbocycles. The number of amides is 1. The number of carbonyl (C=O) groups is 1. The fourth-order valence-electron chi connectivity index (χ4n) is 4.30. The monoisotopic (exact) mass is 456 g/mol. The van der Waals surface area contributed by atoms with Crippen LogP contribution in [0.15, 0.2) is 82.8 Å². The fraction of sp³-hybridized carbons (Fsp3) is 0.240. The maximum absolute atomic E-state index is 13.4. The molecule has 0 atom stereocenters. The number of aromatic nitrogens is 4. The molecule has 0 radical (unpaired) electrons. The highest BCUT2D eigenvalue weighted by molar-refractivity contribution is 5.80. The highest BCUT2D eigenvalue weighted by atomic mass is 16.2. The van der Waals surface area contributed by atoms with Crippen LogP contribution < -0.4 is 16.1 Å². The summed E-state index contributed by atoms with van der Waals surface area (Å²) in [5.74, 6) is -0.161. The number of piperazine rings is 1. The van der Waals surface area contributed by atoms with Crippen molar-refractivity contribution < 1.29 is 4.79 Å². The highest BCUT2D eigenvalue weighted by Crippen LogP contribution is 2.16. The van der Waals surface area contributed by atoms with E-state index in [-0.39, 0.29) is 24.5 Å². The molecular formula is C25H24N6O3. The van der Waals surface area contributed by atoms with Gasteiger partial charge in [-0.2, -0.15) is 0 Å². The van der Waals surface area contributed by atoms with Gasteiger partial charge in [0.25, 0.3) is 5.56 Å². The second-order valence-electron chi connectivity index (χ2n) is 8.20. The van der Waals surface area contributed by atoms with Gasteiger partial charge >= 0.3 is 5.69 Å². The molecule has 0 unspecified atom stereocenters. The Hall–Kier alpha value is -4.27. The fourth-order valence-corrected chi connectivity index (χ4v) is 4.30. The van der Waals surface area contributed by atoms with E-state index in [9.17, 15) is 14.4 Å². The molecule has 9 heteroatoms. The Balaban J connectivity index is 1.42. The lowest BCUT2D eigenvalue weighted by Crippen LogP contribution is -2.51. The van der Waals surface area contributed by atoms with E-state index in [1.54, 1.807) is 41.6 Å². The van der Waals surface area contributed by atoms with Gasteiger partial charge in [-0.05, 0) is 35.9 Å². The third-order valence-corrected chi connectivity index (χ3v) is 6.10. The van der Waals surface area contributed by atoms with E-state index >= 15 is 0 Å². The van der Waals surface area contributed by atoms with Gasteiger partial charge in [-0.3, -0.25) is 23.7 Å². The molecule has 1 saturated heterocycles. The Labute approximate surface area is 195 Å². The molecule has 1 aromatic carbocycles. The number of fused-ring (bicyclic) bond motifs is 1. The van der Waals surface area contributed by atoms with Crippen LogP contribution >= 0.6 is 0 Å². The Morgan fingerprint density at radius 2 is 1.62 bits per heavy atom. The minimum absolute atomic E-state index is 0.0575. The molecule has 1 fully saturated rings. The molecular weight excluding hydrogens is 432 g/mol. The lowest BCUT2D eigenvalue weighted by Gasteiger charge is -2.36. The van der Waals surface area contributed by atoms with Gasteiger partial charge in [0.15, 0.2) is 5.52 Å². The van der Waals surface area contributed by atoms with Crippen molar-refractivity contribution in [2.24, 2.45) is 0 Å². The molecule has 4 aromatic rings. The van der Waals surface area contributed by atoms with E-state index in [2.05, 4.69) is 27.0 Å². The number of benzene rings is 1. The third-order valence-electron chi connectivity index (χ3n) is 6.10. The normalized spacial score (nSPS) is 13.9. The smallest absolute Gasteiger partial charge is 0.332 e. The summed E-state index contributed by atoms with van der Waals surface area (Å²) < 4.78 is 2.47. The van der Waals surface area contributed by atoms with Gasteiger partial charge in [0.2, 0.25) is 5.91 Å². The summed E-state index contributed by atoms with van der Waals surface area (Å²) in [6.07, 6.45) is 4.75. The van der Waals surface area contributed by atoms with Crippen LogP contribution in [0.1, 0.15) is 5.56 Å². The average Bonchev–Trinajstić information content (AvgIpc) is 2.90. The van der Waals surface area contributed by atoms with E-state index in [0.29, 0.717) is 37.3 Å². The van der Waals surface area contributed by atoms with Crippen molar-refractivity contribution in [2.75, 3.05) is 31.1 Å². The summed E-state index contributed by atoms with van der Waals surface area (Å²) in [5.41, 5.74) is 1.34. The lowest BCUT2D eigenvalue weighted by atomic mass is 10.2. The van der Waals surface area contributed by atoms with Crippen LogP contribution in [-0.4, -0.2) is 56.1 Å². The van der Waals surface area contributed by atoms with Crippen molar-refractivity contribution in [1.29, 1.82) is 0 Å². The minimum atomic E-state index is -0.536. The Bertz CT molecular complexity index is 1420. The van der Waals surface area contributed by atoms with E-state index in [1.807, 2.05) is 18.2 Å². The molecule has 0 bridgehead atoms. The zero-order chi connectivity index (χ0) is 23.5. The first-order valence-corrected chi connectivity index (χ1v) is 11.2. The summed E-state index contributed by atoms with van der Waals surface area (Å²) in [4.78, 5) is 51.9. The third kappa shape index (κ3) is 4.19. The summed E-state index contributed by atoms with van der Waals surface area (Å²) in [6, 6.07) is 16.9. The molecule has 172 valence electrons. The standard InChI is InChI=1S/C25H24N6O3/c32-22(29-14-12-28(13-15-29)20-7-2-1-3-8-20)18-30-21-9-5-11-27-23(21)24(33)31(25(30)34)17-19-6-4-10-26-16-19/h1-11,16H,12-15,17-18H2. The van der Waals surface area contributed by atoms with Gasteiger partial charge in [-0.25, -0.2) is 9.78 Å². The predicted molar refractivity (Wildman–Crippen MR) is 129 cm³/mol. The summed E-state index contributed by atoms with van der Waals surface area (Å²) in [6.45, 7) is 2.46. The second kappa shape index (κ2) is 9.30. The first kappa shape index (κ1) is 21.6. The topological polar surface area (TPSA) is 93.3 Å². The van der Waals surface area contributed by atoms with Crippen LogP contribution in [0.25, 0.3) is 11.0 Å². The number of anilines is 1. The first-order chi connectivity index (χ1) is 16.6. The molecule has 5 rings (SSSR count). The number of para-hydroxylation sites is 1. The maximum atomic E-state index is 13.4. The molecule has 34 heavy (non-hydrogen) atoms. The van der Waals surface area contributed by atoms with Crippen molar-refractivity contribution in [1.82, 2.24) is 24.0 Å². The van der Waals surface area contributed by atoms with Crippen LogP contribution in [-0.2, 0) is 17.9 Å². The molecule has 0 aliphatic carbocycles. The average molecular weight is 457 g/mol. The summed E-state index contributed by atoms with van der Waals surface area (Å²) >= 11 is 0. The van der Waals surface area contributed by atoms with Gasteiger partial charge < -0.3 is 9.80 Å². The van der Waals surface area contributed by atoms with E-state index in [1.165, 1.54) is 10.8 Å². The van der Waals surface area contributed by atoms with Crippen LogP contribution in [0.3, 0.4) is 0 Å². The Morgan fingerprint density at radius 3 is 2.35 bits per heavy atom. The summed E-state index contributed by atoms with van der Waals surface area (Å²) in [7, 11) is 0. The number of rotatable bonds is 5. The van der Waals surface area contributed by atoms with Crippen molar-refractivity contribution in [3.63, 3.8) is 0 Å². The first-order valence-electron chi connectivity index (χ1n) is 11.2. The van der Waals surface area contributed by atoms with Gasteiger partial charge in [-0.15, -0.1) is 0 Å². The highest BCUT2D eigenvalue weighted by Gasteiger charge is 2.23. The molecule has 4 heterocycles. The Kier molecular flexibility index (Phi) is 5.90. The van der Waals surface area contributed by atoms with Crippen LogP contribution in [0.4, 0.5) is 5.69 Å². The SMILES string of the molecule is O=C(Cn1c(=O)n(Cc2cccnc2)c(=O)c2ncccc21)N1CCN(c2ccccc2)CC1. The molecule has 1 aliphatic heterocycles. The van der Waals surface area contributed by atoms with Gasteiger partial charge in [-0.1, -0.05) is 24.3 Å². The maximum Gasteiger partial charge on any atom is 0.332 e. The van der Waals surface area contributed by atoms with Crippen LogP contribution in [0.2, 0.25) is 0 Å². The van der Waals surface area contributed by atoms with E-state index in [4.69, 9.17) is 0 Å². The lowest BCUT2D eigenvalue weighted by molar-refractivity contribution is -0.132. The number of carbonyl (C=O) groups excluding carboxylic acids is 1. The van der Waals surface area contributed by atoms with Crippen LogP contribution in [0, 0.1) is 0 Å². The van der Waals surface area contributed by atoms with Crippen molar-refractivity contribution in [2.45, 2.75) is 13.1 Å². The van der Waals surface area contributed by atoms with Gasteiger partial charge in [0.05, 0.1) is 12.1 Å². The molecule has 3 aromatic heterocycles. The van der Waals surface area contributed by atoms with E-state index in [0.717, 1.165) is 10.3 Å². The number of hydrogen-bond donors (Lipinski definition) is 0. The minimum Gasteiger partial charge on any atom is -0.368 e. The predicted octanol–water partition coefficient (Wildman–Crippen LogP) is 1.35. The molecule has 9 nitrogen and oxygen atoms in total. The number of hydrogen-bond acceptors (Lipinski definition) is 6.